The predicted octanol–water partition coefficient (Wildman–Crippen LogP) is -0.457. The molecule has 9 heteroatoms. The number of nitrogen functional groups attached to an aromatic ring is 1. The Kier molecular flexibility index (Phi) is 3.86. The maximum absolute atomic E-state index is 12.0. The molecule has 3 rings (SSSR count). The number of aromatic nitrogens is 4. The van der Waals surface area contributed by atoms with E-state index in [1.165, 1.54) is 6.33 Å². The molecule has 1 fully saturated rings. The number of hydrogen-bond donors (Lipinski definition) is 4. The molecular formula is C14H21N5O4. The van der Waals surface area contributed by atoms with E-state index in [2.05, 4.69) is 15.0 Å². The zero-order valence-electron chi connectivity index (χ0n) is 13.1. The summed E-state index contributed by atoms with van der Waals surface area (Å²) in [4.78, 5) is 22.6. The molecule has 0 saturated carbocycles. The molecule has 1 saturated heterocycles. The van der Waals surface area contributed by atoms with Gasteiger partial charge in [-0.1, -0.05) is 13.8 Å². The number of aliphatic hydroxyl groups is 2. The normalized spacial score (nSPS) is 28.0. The second-order valence-electron chi connectivity index (χ2n) is 6.39. The third kappa shape index (κ3) is 2.60. The van der Waals surface area contributed by atoms with Crippen molar-refractivity contribution in [3.63, 3.8) is 0 Å². The van der Waals surface area contributed by atoms with Crippen LogP contribution in [0.2, 0.25) is 0 Å². The lowest BCUT2D eigenvalue weighted by atomic mass is 9.96. The van der Waals surface area contributed by atoms with E-state index in [0.717, 1.165) is 0 Å². The summed E-state index contributed by atoms with van der Waals surface area (Å²) in [6.07, 6.45) is 0.818. The molecular weight excluding hydrogens is 302 g/mol. The number of nitrogens with two attached hydrogens (primary N) is 1. The van der Waals surface area contributed by atoms with Gasteiger partial charge in [0.2, 0.25) is 5.95 Å². The molecule has 0 radical (unpaired) electrons. The Bertz CT molecular complexity index is 770. The predicted molar refractivity (Wildman–Crippen MR) is 82.6 cm³/mol. The Morgan fingerprint density at radius 2 is 2.35 bits per heavy atom. The summed E-state index contributed by atoms with van der Waals surface area (Å²) in [7, 11) is 0. The average Bonchev–Trinajstić information content (AvgIpc) is 3.00. The minimum Gasteiger partial charge on any atom is -0.394 e. The van der Waals surface area contributed by atoms with Gasteiger partial charge in [-0.05, 0) is 12.3 Å². The average molecular weight is 323 g/mol. The number of aliphatic hydroxyl groups excluding tert-OH is 2. The van der Waals surface area contributed by atoms with Crippen LogP contribution >= 0.6 is 0 Å². The highest BCUT2D eigenvalue weighted by atomic mass is 16.6. The summed E-state index contributed by atoms with van der Waals surface area (Å²) in [5, 5.41) is 19.6. The van der Waals surface area contributed by atoms with Crippen LogP contribution in [0.3, 0.4) is 0 Å². The third-order valence-electron chi connectivity index (χ3n) is 4.10. The SMILES string of the molecule is CC(C)C[C@]1(n2cnc3c(=O)[nH]c(N)nc32)C[C@H](O)[C@@H](CO)O1. The highest BCUT2D eigenvalue weighted by Gasteiger charge is 2.48. The zero-order chi connectivity index (χ0) is 16.8. The van der Waals surface area contributed by atoms with E-state index in [4.69, 9.17) is 10.5 Å². The lowest BCUT2D eigenvalue weighted by molar-refractivity contribution is -0.125. The molecule has 0 aromatic carbocycles. The maximum Gasteiger partial charge on any atom is 0.280 e. The number of aromatic amines is 1. The molecule has 3 heterocycles. The van der Waals surface area contributed by atoms with Crippen LogP contribution in [0.5, 0.6) is 0 Å². The minimum absolute atomic E-state index is 0.0128. The van der Waals surface area contributed by atoms with Gasteiger partial charge in [0.1, 0.15) is 6.10 Å². The van der Waals surface area contributed by atoms with Crippen molar-refractivity contribution in [2.24, 2.45) is 5.92 Å². The fraction of sp³-hybridized carbons (Fsp3) is 0.643. The topological polar surface area (TPSA) is 139 Å². The number of H-pyrrole nitrogens is 1. The lowest BCUT2D eigenvalue weighted by Gasteiger charge is -2.32. The first kappa shape index (κ1) is 15.9. The minimum atomic E-state index is -0.928. The Balaban J connectivity index is 2.17. The van der Waals surface area contributed by atoms with Gasteiger partial charge >= 0.3 is 0 Å². The van der Waals surface area contributed by atoms with E-state index < -0.39 is 23.5 Å². The number of fused-ring (bicyclic) bond motifs is 1. The van der Waals surface area contributed by atoms with Crippen molar-refractivity contribution in [2.75, 3.05) is 12.3 Å². The highest BCUT2D eigenvalue weighted by molar-refractivity contribution is 5.70. The number of nitrogens with one attached hydrogen (secondary N) is 1. The van der Waals surface area contributed by atoms with Crippen LogP contribution in [0.1, 0.15) is 26.7 Å². The number of anilines is 1. The lowest BCUT2D eigenvalue weighted by Crippen LogP contribution is -2.36. The molecule has 9 nitrogen and oxygen atoms in total. The summed E-state index contributed by atoms with van der Waals surface area (Å²) >= 11 is 0. The van der Waals surface area contributed by atoms with Crippen molar-refractivity contribution in [1.82, 2.24) is 19.5 Å². The maximum atomic E-state index is 12.0. The second kappa shape index (κ2) is 5.59. The van der Waals surface area contributed by atoms with Gasteiger partial charge in [-0.25, -0.2) is 4.98 Å². The van der Waals surface area contributed by atoms with Gasteiger partial charge in [-0.15, -0.1) is 0 Å². The Hall–Kier alpha value is -1.97. The van der Waals surface area contributed by atoms with Gasteiger partial charge in [-0.3, -0.25) is 14.3 Å². The van der Waals surface area contributed by atoms with Crippen LogP contribution in [0.15, 0.2) is 11.1 Å². The molecule has 23 heavy (non-hydrogen) atoms. The number of nitrogens with zero attached hydrogens (tertiary/aromatic N) is 3. The largest absolute Gasteiger partial charge is 0.394 e. The Morgan fingerprint density at radius 1 is 1.61 bits per heavy atom. The molecule has 126 valence electrons. The Labute approximate surface area is 132 Å². The van der Waals surface area contributed by atoms with Crippen LogP contribution in [-0.4, -0.2) is 48.5 Å². The first-order valence-corrected chi connectivity index (χ1v) is 7.56. The summed E-state index contributed by atoms with van der Waals surface area (Å²) in [6, 6.07) is 0. The van der Waals surface area contributed by atoms with Crippen LogP contribution in [-0.2, 0) is 10.5 Å². The smallest absolute Gasteiger partial charge is 0.280 e. The molecule has 2 aromatic rings. The standard InChI is InChI=1S/C14H21N5O4/c1-7(2)3-14(4-8(21)9(5-20)23-14)19-6-16-10-11(19)17-13(15)18-12(10)22/h6-9,20-21H,3-5H2,1-2H3,(H3,15,17,18,22)/t8-,9+,14+/m0/s1. The first-order valence-electron chi connectivity index (χ1n) is 7.56. The summed E-state index contributed by atoms with van der Waals surface area (Å²) in [5.41, 5.74) is 4.75. The molecule has 2 aromatic heterocycles. The second-order valence-corrected chi connectivity index (χ2v) is 6.39. The van der Waals surface area contributed by atoms with Gasteiger partial charge in [-0.2, -0.15) is 4.98 Å². The van der Waals surface area contributed by atoms with Crippen LogP contribution in [0, 0.1) is 5.92 Å². The summed E-state index contributed by atoms with van der Waals surface area (Å²) in [6.45, 7) is 3.76. The molecule has 1 aliphatic rings. The van der Waals surface area contributed by atoms with Gasteiger partial charge in [0.05, 0.1) is 19.0 Å². The van der Waals surface area contributed by atoms with Gasteiger partial charge in [0.25, 0.3) is 5.56 Å². The van der Waals surface area contributed by atoms with Crippen molar-refractivity contribution in [3.05, 3.63) is 16.7 Å². The van der Waals surface area contributed by atoms with Gasteiger partial charge < -0.3 is 20.7 Å². The molecule has 0 aliphatic carbocycles. The van der Waals surface area contributed by atoms with Crippen LogP contribution in [0.4, 0.5) is 5.95 Å². The molecule has 0 bridgehead atoms. The molecule has 0 spiro atoms. The van der Waals surface area contributed by atoms with E-state index in [9.17, 15) is 15.0 Å². The summed E-state index contributed by atoms with van der Waals surface area (Å²) in [5.74, 6) is 0.234. The molecule has 0 unspecified atom stereocenters. The fourth-order valence-electron chi connectivity index (χ4n) is 3.27. The molecule has 1 aliphatic heterocycles. The fourth-order valence-corrected chi connectivity index (χ4v) is 3.27. The number of rotatable bonds is 4. The zero-order valence-corrected chi connectivity index (χ0v) is 13.1. The van der Waals surface area contributed by atoms with E-state index in [1.807, 2.05) is 13.8 Å². The van der Waals surface area contributed by atoms with Crippen LogP contribution in [0.25, 0.3) is 11.2 Å². The van der Waals surface area contributed by atoms with E-state index in [0.29, 0.717) is 12.1 Å². The van der Waals surface area contributed by atoms with Crippen LogP contribution < -0.4 is 11.3 Å². The molecule has 5 N–H and O–H groups in total. The third-order valence-corrected chi connectivity index (χ3v) is 4.10. The highest BCUT2D eigenvalue weighted by Crippen LogP contribution is 2.41. The first-order chi connectivity index (χ1) is 10.9. The molecule has 3 atom stereocenters. The van der Waals surface area contributed by atoms with Crippen molar-refractivity contribution in [3.8, 4) is 0 Å². The number of hydrogen-bond acceptors (Lipinski definition) is 7. The summed E-state index contributed by atoms with van der Waals surface area (Å²) < 4.78 is 7.63. The van der Waals surface area contributed by atoms with E-state index in [-0.39, 0.29) is 30.4 Å². The van der Waals surface area contributed by atoms with Crippen molar-refractivity contribution in [2.45, 2.75) is 44.6 Å². The Morgan fingerprint density at radius 3 is 2.96 bits per heavy atom. The van der Waals surface area contributed by atoms with Crippen molar-refractivity contribution >= 4 is 17.1 Å². The quantitative estimate of drug-likeness (QED) is 0.597. The van der Waals surface area contributed by atoms with Crippen molar-refractivity contribution < 1.29 is 14.9 Å². The monoisotopic (exact) mass is 323 g/mol. The number of imidazole rings is 1. The number of ether oxygens (including phenoxy) is 1. The molecule has 0 amide bonds. The van der Waals surface area contributed by atoms with Gasteiger partial charge in [0, 0.05) is 6.42 Å². The van der Waals surface area contributed by atoms with E-state index >= 15 is 0 Å². The van der Waals surface area contributed by atoms with E-state index in [1.54, 1.807) is 4.57 Å². The van der Waals surface area contributed by atoms with Gasteiger partial charge in [0.15, 0.2) is 16.9 Å². The van der Waals surface area contributed by atoms with Crippen molar-refractivity contribution in [1.29, 1.82) is 0 Å².